The molecule has 1 aromatic rings. The summed E-state index contributed by atoms with van der Waals surface area (Å²) in [6.07, 6.45) is 6.29. The summed E-state index contributed by atoms with van der Waals surface area (Å²) in [5, 5.41) is 3.77. The highest BCUT2D eigenvalue weighted by Crippen LogP contribution is 2.35. The van der Waals surface area contributed by atoms with Gasteiger partial charge in [0.25, 0.3) is 0 Å². The minimum Gasteiger partial charge on any atom is -0.377 e. The van der Waals surface area contributed by atoms with Crippen molar-refractivity contribution in [2.45, 2.75) is 50.2 Å². The third kappa shape index (κ3) is 3.33. The molecule has 0 aliphatic heterocycles. The van der Waals surface area contributed by atoms with Crippen LogP contribution in [0.15, 0.2) is 18.2 Å². The van der Waals surface area contributed by atoms with Gasteiger partial charge in [-0.2, -0.15) is 0 Å². The maximum absolute atomic E-state index is 14.0. The zero-order chi connectivity index (χ0) is 14.6. The molecule has 20 heavy (non-hydrogen) atoms. The molecule has 2 rings (SSSR count). The molecular formula is C16H23ClFNO. The zero-order valence-corrected chi connectivity index (χ0v) is 13.0. The Labute approximate surface area is 125 Å². The molecule has 4 heteroatoms. The van der Waals surface area contributed by atoms with Crippen molar-refractivity contribution >= 4 is 11.6 Å². The molecule has 0 aromatic heterocycles. The van der Waals surface area contributed by atoms with Crippen LogP contribution in [0.3, 0.4) is 0 Å². The molecule has 1 atom stereocenters. The van der Waals surface area contributed by atoms with Crippen molar-refractivity contribution in [2.24, 2.45) is 0 Å². The topological polar surface area (TPSA) is 21.3 Å². The number of nitrogens with one attached hydrogen (secondary N) is 1. The Bertz CT molecular complexity index is 446. The first kappa shape index (κ1) is 15.7. The number of hydrogen-bond donors (Lipinski definition) is 1. The fourth-order valence-electron chi connectivity index (χ4n) is 3.30. The van der Waals surface area contributed by atoms with Gasteiger partial charge in [-0.15, -0.1) is 0 Å². The van der Waals surface area contributed by atoms with Gasteiger partial charge in [-0.05, 0) is 44.0 Å². The summed E-state index contributed by atoms with van der Waals surface area (Å²) in [5.41, 5.74) is 0.509. The molecule has 1 saturated carbocycles. The van der Waals surface area contributed by atoms with E-state index in [1.54, 1.807) is 19.2 Å². The van der Waals surface area contributed by atoms with Crippen LogP contribution in [-0.4, -0.2) is 25.8 Å². The normalized spacial score (nSPS) is 19.8. The molecule has 0 amide bonds. The number of benzene rings is 1. The van der Waals surface area contributed by atoms with Gasteiger partial charge in [0.1, 0.15) is 5.82 Å². The van der Waals surface area contributed by atoms with Crippen molar-refractivity contribution in [3.63, 3.8) is 0 Å². The molecular weight excluding hydrogens is 277 g/mol. The summed E-state index contributed by atoms with van der Waals surface area (Å²) < 4.78 is 19.8. The number of rotatable bonds is 5. The Balaban J connectivity index is 2.18. The number of halogens is 2. The van der Waals surface area contributed by atoms with Crippen LogP contribution in [0.1, 0.15) is 37.7 Å². The van der Waals surface area contributed by atoms with Crippen LogP contribution >= 0.6 is 11.6 Å². The van der Waals surface area contributed by atoms with Gasteiger partial charge in [-0.1, -0.05) is 36.9 Å². The minimum atomic E-state index is -0.236. The molecule has 1 unspecified atom stereocenters. The van der Waals surface area contributed by atoms with E-state index in [1.807, 2.05) is 7.05 Å². The third-order valence-corrected chi connectivity index (χ3v) is 4.76. The lowest BCUT2D eigenvalue weighted by Gasteiger charge is -2.42. The largest absolute Gasteiger partial charge is 0.377 e. The lowest BCUT2D eigenvalue weighted by molar-refractivity contribution is -0.0658. The van der Waals surface area contributed by atoms with Crippen LogP contribution < -0.4 is 5.32 Å². The molecule has 0 spiro atoms. The average molecular weight is 300 g/mol. The second-order valence-corrected chi connectivity index (χ2v) is 6.05. The Hall–Kier alpha value is -0.640. The van der Waals surface area contributed by atoms with Crippen LogP contribution in [0.25, 0.3) is 0 Å². The summed E-state index contributed by atoms with van der Waals surface area (Å²) in [7, 11) is 3.70. The van der Waals surface area contributed by atoms with E-state index < -0.39 is 0 Å². The zero-order valence-electron chi connectivity index (χ0n) is 12.2. The van der Waals surface area contributed by atoms with Crippen molar-refractivity contribution < 1.29 is 9.13 Å². The van der Waals surface area contributed by atoms with E-state index in [4.69, 9.17) is 16.3 Å². The number of hydrogen-bond acceptors (Lipinski definition) is 2. The van der Waals surface area contributed by atoms with E-state index in [1.165, 1.54) is 25.3 Å². The Morgan fingerprint density at radius 1 is 1.35 bits per heavy atom. The van der Waals surface area contributed by atoms with E-state index in [0.717, 1.165) is 12.8 Å². The highest BCUT2D eigenvalue weighted by atomic mass is 35.5. The predicted molar refractivity (Wildman–Crippen MR) is 80.8 cm³/mol. The first-order chi connectivity index (χ1) is 9.61. The predicted octanol–water partition coefficient (Wildman–Crippen LogP) is 3.96. The number of ether oxygens (including phenoxy) is 1. The van der Waals surface area contributed by atoms with Crippen LogP contribution in [0, 0.1) is 5.82 Å². The van der Waals surface area contributed by atoms with E-state index in [9.17, 15) is 4.39 Å². The summed E-state index contributed by atoms with van der Waals surface area (Å²) in [6.45, 7) is 0. The lowest BCUT2D eigenvalue weighted by Crippen LogP contribution is -2.53. The van der Waals surface area contributed by atoms with Crippen molar-refractivity contribution in [3.05, 3.63) is 34.6 Å². The summed E-state index contributed by atoms with van der Waals surface area (Å²) in [5.74, 6) is -0.236. The molecule has 1 aromatic carbocycles. The van der Waals surface area contributed by atoms with E-state index in [0.29, 0.717) is 17.0 Å². The van der Waals surface area contributed by atoms with Crippen LogP contribution in [0.4, 0.5) is 4.39 Å². The van der Waals surface area contributed by atoms with Crippen LogP contribution in [0.2, 0.25) is 5.02 Å². The highest BCUT2D eigenvalue weighted by Gasteiger charge is 2.39. The smallest absolute Gasteiger partial charge is 0.127 e. The second kappa shape index (κ2) is 6.88. The molecule has 0 saturated heterocycles. The number of methoxy groups -OCH3 is 1. The van der Waals surface area contributed by atoms with Crippen molar-refractivity contribution in [1.82, 2.24) is 5.32 Å². The monoisotopic (exact) mass is 299 g/mol. The number of likely N-dealkylation sites (N-methyl/N-ethyl adjacent to an activating group) is 1. The molecule has 0 radical (unpaired) electrons. The van der Waals surface area contributed by atoms with E-state index in [-0.39, 0.29) is 17.5 Å². The fraction of sp³-hybridized carbons (Fsp3) is 0.625. The molecule has 1 aliphatic carbocycles. The van der Waals surface area contributed by atoms with E-state index >= 15 is 0 Å². The lowest BCUT2D eigenvalue weighted by atomic mass is 9.77. The van der Waals surface area contributed by atoms with Gasteiger partial charge < -0.3 is 10.1 Å². The third-order valence-electron chi connectivity index (χ3n) is 4.53. The molecule has 1 fully saturated rings. The average Bonchev–Trinajstić information content (AvgIpc) is 2.47. The quantitative estimate of drug-likeness (QED) is 0.888. The Morgan fingerprint density at radius 2 is 2.05 bits per heavy atom. The SMILES string of the molecule is CNC(Cc1ccc(Cl)cc1F)C1(OC)CCCCC1. The van der Waals surface area contributed by atoms with Crippen LogP contribution in [-0.2, 0) is 11.2 Å². The highest BCUT2D eigenvalue weighted by molar-refractivity contribution is 6.30. The first-order valence-electron chi connectivity index (χ1n) is 7.27. The molecule has 0 heterocycles. The summed E-state index contributed by atoms with van der Waals surface area (Å²) >= 11 is 5.81. The first-order valence-corrected chi connectivity index (χ1v) is 7.65. The van der Waals surface area contributed by atoms with Gasteiger partial charge in [0, 0.05) is 18.2 Å². The summed E-state index contributed by atoms with van der Waals surface area (Å²) in [4.78, 5) is 0. The second-order valence-electron chi connectivity index (χ2n) is 5.61. The van der Waals surface area contributed by atoms with Gasteiger partial charge in [0.2, 0.25) is 0 Å². The minimum absolute atomic E-state index is 0.114. The molecule has 0 bridgehead atoms. The molecule has 1 N–H and O–H groups in total. The Morgan fingerprint density at radius 3 is 2.60 bits per heavy atom. The molecule has 1 aliphatic rings. The van der Waals surface area contributed by atoms with Crippen molar-refractivity contribution in [1.29, 1.82) is 0 Å². The van der Waals surface area contributed by atoms with Gasteiger partial charge in [0.05, 0.1) is 5.60 Å². The van der Waals surface area contributed by atoms with Gasteiger partial charge in [-0.3, -0.25) is 0 Å². The van der Waals surface area contributed by atoms with Gasteiger partial charge >= 0.3 is 0 Å². The fourth-order valence-corrected chi connectivity index (χ4v) is 3.46. The van der Waals surface area contributed by atoms with Gasteiger partial charge in [-0.25, -0.2) is 4.39 Å². The van der Waals surface area contributed by atoms with Gasteiger partial charge in [0.15, 0.2) is 0 Å². The molecule has 2 nitrogen and oxygen atoms in total. The van der Waals surface area contributed by atoms with Crippen LogP contribution in [0.5, 0.6) is 0 Å². The maximum atomic E-state index is 14.0. The van der Waals surface area contributed by atoms with E-state index in [2.05, 4.69) is 5.32 Å². The molecule has 112 valence electrons. The maximum Gasteiger partial charge on any atom is 0.127 e. The standard InChI is InChI=1S/C16H23ClFNO/c1-19-15(16(20-2)8-4-3-5-9-16)10-12-6-7-13(17)11-14(12)18/h6-7,11,15,19H,3-5,8-10H2,1-2H3. The van der Waals surface area contributed by atoms with Crippen molar-refractivity contribution in [2.75, 3.05) is 14.2 Å². The van der Waals surface area contributed by atoms with Crippen molar-refractivity contribution in [3.8, 4) is 0 Å². The Kier molecular flexibility index (Phi) is 5.42. The summed E-state index contributed by atoms with van der Waals surface area (Å²) in [6, 6.07) is 5.01.